The van der Waals surface area contributed by atoms with E-state index >= 15 is 0 Å². The molecule has 2 rings (SSSR count). The second-order valence-electron chi connectivity index (χ2n) is 5.99. The monoisotopic (exact) mass is 314 g/mol. The third-order valence-corrected chi connectivity index (χ3v) is 4.16. The first-order valence-electron chi connectivity index (χ1n) is 7.29. The summed E-state index contributed by atoms with van der Waals surface area (Å²) in [6, 6.07) is 17.6. The van der Waals surface area contributed by atoms with Crippen LogP contribution in [-0.4, -0.2) is 16.4 Å². The number of carbonyl (C=O) groups excluding carboxylic acids is 1. The van der Waals surface area contributed by atoms with Crippen LogP contribution in [0, 0.1) is 0 Å². The molecule has 2 aromatic rings. The quantitative estimate of drug-likeness (QED) is 0.824. The lowest BCUT2D eigenvalue weighted by Crippen LogP contribution is -2.19. The Morgan fingerprint density at radius 1 is 0.955 bits per heavy atom. The van der Waals surface area contributed by atoms with Crippen molar-refractivity contribution in [1.82, 2.24) is 0 Å². The van der Waals surface area contributed by atoms with Gasteiger partial charge in [-0.1, -0.05) is 51.1 Å². The molecule has 22 heavy (non-hydrogen) atoms. The van der Waals surface area contributed by atoms with Gasteiger partial charge in [0.05, 0.1) is 17.1 Å². The molecule has 0 atom stereocenters. The van der Waals surface area contributed by atoms with Gasteiger partial charge in [-0.25, -0.2) is 0 Å². The molecule has 0 heterocycles. The van der Waals surface area contributed by atoms with Gasteiger partial charge in [0, 0.05) is 10.4 Å². The van der Waals surface area contributed by atoms with E-state index < -0.39 is 0 Å². The molecule has 0 aromatic heterocycles. The number of para-hydroxylation sites is 3. The predicted molar refractivity (Wildman–Crippen MR) is 97.0 cm³/mol. The Morgan fingerprint density at radius 3 is 2.18 bits per heavy atom. The van der Waals surface area contributed by atoms with Gasteiger partial charge in [-0.2, -0.15) is 0 Å². The minimum Gasteiger partial charge on any atom is -0.354 e. The van der Waals surface area contributed by atoms with E-state index in [9.17, 15) is 4.79 Å². The van der Waals surface area contributed by atoms with Gasteiger partial charge in [-0.3, -0.25) is 4.79 Å². The van der Waals surface area contributed by atoms with Crippen LogP contribution in [0.15, 0.2) is 54.6 Å². The number of nitrogens with one attached hydrogen (secondary N) is 2. The van der Waals surface area contributed by atoms with Crippen LogP contribution in [0.1, 0.15) is 20.8 Å². The first-order chi connectivity index (χ1) is 10.4. The van der Waals surface area contributed by atoms with Gasteiger partial charge in [0.25, 0.3) is 0 Å². The van der Waals surface area contributed by atoms with Crippen LogP contribution < -0.4 is 10.6 Å². The molecule has 0 aliphatic carbocycles. The fourth-order valence-electron chi connectivity index (χ4n) is 1.85. The van der Waals surface area contributed by atoms with E-state index in [-0.39, 0.29) is 10.7 Å². The largest absolute Gasteiger partial charge is 0.354 e. The van der Waals surface area contributed by atoms with E-state index in [1.807, 2.05) is 54.6 Å². The fourth-order valence-corrected chi connectivity index (χ4v) is 2.48. The van der Waals surface area contributed by atoms with Gasteiger partial charge in [0.15, 0.2) is 0 Å². The molecule has 0 fully saturated rings. The van der Waals surface area contributed by atoms with Crippen molar-refractivity contribution in [3.8, 4) is 0 Å². The minimum absolute atomic E-state index is 0.0160. The highest BCUT2D eigenvalue weighted by Crippen LogP contribution is 2.26. The zero-order valence-electron chi connectivity index (χ0n) is 13.2. The topological polar surface area (TPSA) is 41.1 Å². The van der Waals surface area contributed by atoms with Crippen LogP contribution in [0.5, 0.6) is 0 Å². The molecule has 0 aliphatic heterocycles. The van der Waals surface area contributed by atoms with Crippen LogP contribution in [-0.2, 0) is 4.79 Å². The van der Waals surface area contributed by atoms with E-state index in [4.69, 9.17) is 0 Å². The van der Waals surface area contributed by atoms with Crippen molar-refractivity contribution in [1.29, 1.82) is 0 Å². The lowest BCUT2D eigenvalue weighted by Gasteiger charge is -2.18. The highest BCUT2D eigenvalue weighted by Gasteiger charge is 2.14. The van der Waals surface area contributed by atoms with Crippen molar-refractivity contribution in [2.45, 2.75) is 25.5 Å². The lowest BCUT2D eigenvalue weighted by atomic mass is 10.2. The summed E-state index contributed by atoms with van der Waals surface area (Å²) in [5, 5.41) is 6.31. The number of amides is 1. The Labute approximate surface area is 136 Å². The third-order valence-electron chi connectivity index (χ3n) is 2.89. The zero-order chi connectivity index (χ0) is 16.0. The molecule has 3 nitrogen and oxygen atoms in total. The molecule has 4 heteroatoms. The van der Waals surface area contributed by atoms with Crippen molar-refractivity contribution in [2.24, 2.45) is 0 Å². The summed E-state index contributed by atoms with van der Waals surface area (Å²) in [5.74, 6) is 0.464. The van der Waals surface area contributed by atoms with Crippen LogP contribution in [0.2, 0.25) is 0 Å². The third kappa shape index (κ3) is 5.45. The molecule has 0 unspecified atom stereocenters. The van der Waals surface area contributed by atoms with E-state index in [1.54, 1.807) is 11.8 Å². The predicted octanol–water partition coefficient (Wildman–Crippen LogP) is 4.90. The molecule has 2 aromatic carbocycles. The number of benzene rings is 2. The molecule has 0 aliphatic rings. The maximum atomic E-state index is 12.1. The number of hydrogen-bond acceptors (Lipinski definition) is 3. The first kappa shape index (κ1) is 16.4. The Kier molecular flexibility index (Phi) is 5.50. The van der Waals surface area contributed by atoms with Crippen molar-refractivity contribution in [3.05, 3.63) is 54.6 Å². The first-order valence-corrected chi connectivity index (χ1v) is 8.27. The van der Waals surface area contributed by atoms with E-state index in [1.165, 1.54) is 0 Å². The zero-order valence-corrected chi connectivity index (χ0v) is 14.0. The highest BCUT2D eigenvalue weighted by molar-refractivity contribution is 8.01. The molecule has 1 amide bonds. The molecule has 0 bridgehead atoms. The van der Waals surface area contributed by atoms with Crippen molar-refractivity contribution in [2.75, 3.05) is 16.4 Å². The maximum absolute atomic E-state index is 12.1. The fraction of sp³-hybridized carbons (Fsp3) is 0.278. The molecule has 0 spiro atoms. The summed E-state index contributed by atoms with van der Waals surface area (Å²) in [5.41, 5.74) is 2.68. The van der Waals surface area contributed by atoms with Crippen LogP contribution >= 0.6 is 11.8 Å². The Hall–Kier alpha value is -1.94. The van der Waals surface area contributed by atoms with Crippen LogP contribution in [0.25, 0.3) is 0 Å². The molecular weight excluding hydrogens is 292 g/mol. The van der Waals surface area contributed by atoms with Gasteiger partial charge in [0.2, 0.25) is 5.91 Å². The smallest absolute Gasteiger partial charge is 0.234 e. The molecule has 0 saturated carbocycles. The second-order valence-corrected chi connectivity index (χ2v) is 7.79. The number of carbonyl (C=O) groups is 1. The van der Waals surface area contributed by atoms with Crippen molar-refractivity contribution < 1.29 is 4.79 Å². The summed E-state index contributed by atoms with van der Waals surface area (Å²) in [6.45, 7) is 6.32. The van der Waals surface area contributed by atoms with Crippen molar-refractivity contribution >= 4 is 34.7 Å². The Bertz CT molecular complexity index is 620. The van der Waals surface area contributed by atoms with Gasteiger partial charge in [0.1, 0.15) is 0 Å². The molecule has 0 radical (unpaired) electrons. The van der Waals surface area contributed by atoms with E-state index in [0.717, 1.165) is 17.1 Å². The molecule has 0 saturated heterocycles. The summed E-state index contributed by atoms with van der Waals surface area (Å²) < 4.78 is 0.0825. The summed E-state index contributed by atoms with van der Waals surface area (Å²) >= 11 is 1.64. The summed E-state index contributed by atoms with van der Waals surface area (Å²) in [4.78, 5) is 12.1. The summed E-state index contributed by atoms with van der Waals surface area (Å²) in [6.07, 6.45) is 0. The van der Waals surface area contributed by atoms with Crippen molar-refractivity contribution in [3.63, 3.8) is 0 Å². The maximum Gasteiger partial charge on any atom is 0.234 e. The van der Waals surface area contributed by atoms with Gasteiger partial charge >= 0.3 is 0 Å². The number of rotatable bonds is 5. The van der Waals surface area contributed by atoms with E-state index in [0.29, 0.717) is 5.75 Å². The van der Waals surface area contributed by atoms with Gasteiger partial charge in [-0.15, -0.1) is 11.8 Å². The standard InChI is InChI=1S/C18H22N2OS/c1-18(2,3)22-13-17(21)20-16-12-8-7-11-15(16)19-14-9-5-4-6-10-14/h4-12,19H,13H2,1-3H3,(H,20,21). The van der Waals surface area contributed by atoms with Crippen LogP contribution in [0.4, 0.5) is 17.1 Å². The SMILES string of the molecule is CC(C)(C)SCC(=O)Nc1ccccc1Nc1ccccc1. The second kappa shape index (κ2) is 7.36. The number of hydrogen-bond donors (Lipinski definition) is 2. The number of thioether (sulfide) groups is 1. The Balaban J connectivity index is 2.04. The molecule has 2 N–H and O–H groups in total. The summed E-state index contributed by atoms with van der Waals surface area (Å²) in [7, 11) is 0. The average Bonchev–Trinajstić information content (AvgIpc) is 2.48. The Morgan fingerprint density at radius 2 is 1.55 bits per heavy atom. The highest BCUT2D eigenvalue weighted by atomic mass is 32.2. The normalized spacial score (nSPS) is 11.0. The lowest BCUT2D eigenvalue weighted by molar-refractivity contribution is -0.113. The van der Waals surface area contributed by atoms with Crippen LogP contribution in [0.3, 0.4) is 0 Å². The van der Waals surface area contributed by atoms with Gasteiger partial charge in [-0.05, 0) is 24.3 Å². The molecule has 116 valence electrons. The van der Waals surface area contributed by atoms with E-state index in [2.05, 4.69) is 31.4 Å². The van der Waals surface area contributed by atoms with Gasteiger partial charge < -0.3 is 10.6 Å². The minimum atomic E-state index is 0.0160. The molecular formula is C18H22N2OS. The average molecular weight is 314 g/mol. The number of anilines is 3.